The predicted octanol–water partition coefficient (Wildman–Crippen LogP) is 2.35. The monoisotopic (exact) mass is 305 g/mol. The Labute approximate surface area is 128 Å². The molecule has 4 nitrogen and oxygen atoms in total. The minimum absolute atomic E-state index is 0.234. The summed E-state index contributed by atoms with van der Waals surface area (Å²) in [5.74, 6) is 0.0731. The second kappa shape index (κ2) is 6.80. The molecule has 112 valence electrons. The largest absolute Gasteiger partial charge is 0.480 e. The maximum Gasteiger partial charge on any atom is 0.327 e. The topological polar surface area (TPSA) is 57.6 Å². The van der Waals surface area contributed by atoms with Gasteiger partial charge in [-0.3, -0.25) is 4.79 Å². The smallest absolute Gasteiger partial charge is 0.327 e. The fraction of sp³-hybridized carbons (Fsp3) is 0.375. The molecule has 1 N–H and O–H groups in total. The number of thioether (sulfide) groups is 1. The zero-order valence-electron chi connectivity index (χ0n) is 12.2. The molecule has 1 aromatic carbocycles. The highest BCUT2D eigenvalue weighted by molar-refractivity contribution is 7.99. The number of carboxylic acids is 1. The van der Waals surface area contributed by atoms with Gasteiger partial charge in [-0.15, -0.1) is 0 Å². The van der Waals surface area contributed by atoms with E-state index in [0.29, 0.717) is 12.3 Å². The first-order valence-corrected chi connectivity index (χ1v) is 8.01. The maximum atomic E-state index is 12.2. The summed E-state index contributed by atoms with van der Waals surface area (Å²) in [6, 6.07) is 5.30. The van der Waals surface area contributed by atoms with Crippen molar-refractivity contribution in [3.8, 4) is 0 Å². The van der Waals surface area contributed by atoms with E-state index in [4.69, 9.17) is 0 Å². The Bertz CT molecular complexity index is 583. The van der Waals surface area contributed by atoms with Gasteiger partial charge in [-0.05, 0) is 31.1 Å². The zero-order valence-corrected chi connectivity index (χ0v) is 13.0. The fourth-order valence-electron chi connectivity index (χ4n) is 2.34. The summed E-state index contributed by atoms with van der Waals surface area (Å²) in [6.07, 6.45) is 3.24. The number of carbonyl (C=O) groups is 2. The molecule has 1 saturated heterocycles. The lowest BCUT2D eigenvalue weighted by Crippen LogP contribution is -2.49. The van der Waals surface area contributed by atoms with Gasteiger partial charge in [-0.2, -0.15) is 11.8 Å². The number of amides is 1. The highest BCUT2D eigenvalue weighted by atomic mass is 32.2. The molecule has 1 heterocycles. The first kappa shape index (κ1) is 15.6. The molecule has 1 amide bonds. The molecular weight excluding hydrogens is 286 g/mol. The summed E-state index contributed by atoms with van der Waals surface area (Å²) >= 11 is 1.57. The van der Waals surface area contributed by atoms with Crippen molar-refractivity contribution in [1.82, 2.24) is 4.90 Å². The van der Waals surface area contributed by atoms with Gasteiger partial charge in [0.05, 0.1) is 0 Å². The summed E-state index contributed by atoms with van der Waals surface area (Å²) in [5.41, 5.74) is 3.25. The molecule has 1 aromatic rings. The Morgan fingerprint density at radius 1 is 1.38 bits per heavy atom. The van der Waals surface area contributed by atoms with Crippen LogP contribution in [0.2, 0.25) is 0 Å². The van der Waals surface area contributed by atoms with E-state index in [1.165, 1.54) is 16.5 Å². The Morgan fingerprint density at radius 2 is 2.14 bits per heavy atom. The molecule has 21 heavy (non-hydrogen) atoms. The van der Waals surface area contributed by atoms with E-state index in [1.807, 2.05) is 26.0 Å². The SMILES string of the molecule is Cc1ccc(/C=C/C(=O)N2CCSCC2C(=O)O)c(C)c1. The fourth-order valence-corrected chi connectivity index (χ4v) is 3.38. The van der Waals surface area contributed by atoms with Crippen LogP contribution in [0.15, 0.2) is 24.3 Å². The number of nitrogens with zero attached hydrogens (tertiary/aromatic N) is 1. The van der Waals surface area contributed by atoms with Gasteiger partial charge in [-0.1, -0.05) is 23.8 Å². The van der Waals surface area contributed by atoms with E-state index < -0.39 is 12.0 Å². The van der Waals surface area contributed by atoms with Crippen LogP contribution < -0.4 is 0 Å². The van der Waals surface area contributed by atoms with E-state index in [0.717, 1.165) is 16.9 Å². The number of hydrogen-bond acceptors (Lipinski definition) is 3. The molecule has 0 saturated carbocycles. The van der Waals surface area contributed by atoms with Gasteiger partial charge in [0, 0.05) is 24.1 Å². The van der Waals surface area contributed by atoms with Gasteiger partial charge in [-0.25, -0.2) is 4.79 Å². The summed E-state index contributed by atoms with van der Waals surface area (Å²) in [4.78, 5) is 24.9. The van der Waals surface area contributed by atoms with E-state index in [1.54, 1.807) is 17.8 Å². The lowest BCUT2D eigenvalue weighted by atomic mass is 10.1. The van der Waals surface area contributed by atoms with Gasteiger partial charge in [0.15, 0.2) is 0 Å². The molecular formula is C16H19NO3S. The Balaban J connectivity index is 2.12. The normalized spacial score (nSPS) is 19.0. The van der Waals surface area contributed by atoms with Crippen molar-refractivity contribution in [3.05, 3.63) is 41.0 Å². The predicted molar refractivity (Wildman–Crippen MR) is 85.4 cm³/mol. The lowest BCUT2D eigenvalue weighted by molar-refractivity contribution is -0.147. The van der Waals surface area contributed by atoms with Crippen LogP contribution in [0, 0.1) is 13.8 Å². The first-order valence-electron chi connectivity index (χ1n) is 6.85. The van der Waals surface area contributed by atoms with Gasteiger partial charge in [0.25, 0.3) is 0 Å². The number of hydrogen-bond donors (Lipinski definition) is 1. The third-order valence-corrected chi connectivity index (χ3v) is 4.55. The minimum atomic E-state index is -0.935. The quantitative estimate of drug-likeness (QED) is 0.871. The van der Waals surface area contributed by atoms with Crippen LogP contribution in [-0.4, -0.2) is 46.0 Å². The van der Waals surface area contributed by atoms with Gasteiger partial charge < -0.3 is 10.0 Å². The molecule has 1 aliphatic rings. The third kappa shape index (κ3) is 3.88. The van der Waals surface area contributed by atoms with Crippen molar-refractivity contribution in [3.63, 3.8) is 0 Å². The van der Waals surface area contributed by atoms with Crippen LogP contribution in [0.4, 0.5) is 0 Å². The van der Waals surface area contributed by atoms with Crippen LogP contribution >= 0.6 is 11.8 Å². The van der Waals surface area contributed by atoms with Crippen molar-refractivity contribution in [2.24, 2.45) is 0 Å². The van der Waals surface area contributed by atoms with Crippen LogP contribution in [0.5, 0.6) is 0 Å². The Kier molecular flexibility index (Phi) is 5.07. The number of aliphatic carboxylic acids is 1. The van der Waals surface area contributed by atoms with E-state index in [-0.39, 0.29) is 5.91 Å². The van der Waals surface area contributed by atoms with Gasteiger partial charge in [0.2, 0.25) is 5.91 Å². The van der Waals surface area contributed by atoms with Crippen molar-refractivity contribution in [2.75, 3.05) is 18.1 Å². The number of carboxylic acid groups (broad SMARTS) is 1. The van der Waals surface area contributed by atoms with Crippen molar-refractivity contribution in [2.45, 2.75) is 19.9 Å². The number of aryl methyl sites for hydroxylation is 2. The average Bonchev–Trinajstić information content (AvgIpc) is 2.46. The number of rotatable bonds is 3. The van der Waals surface area contributed by atoms with Crippen molar-refractivity contribution < 1.29 is 14.7 Å². The van der Waals surface area contributed by atoms with Crippen molar-refractivity contribution in [1.29, 1.82) is 0 Å². The molecule has 0 aliphatic carbocycles. The first-order chi connectivity index (χ1) is 9.99. The summed E-state index contributed by atoms with van der Waals surface area (Å²) in [6.45, 7) is 4.50. The minimum Gasteiger partial charge on any atom is -0.480 e. The Hall–Kier alpha value is -1.75. The van der Waals surface area contributed by atoms with Crippen LogP contribution in [0.1, 0.15) is 16.7 Å². The molecule has 1 atom stereocenters. The summed E-state index contributed by atoms with van der Waals surface area (Å²) < 4.78 is 0. The molecule has 0 aromatic heterocycles. The van der Waals surface area contributed by atoms with Crippen LogP contribution in [-0.2, 0) is 9.59 Å². The molecule has 1 aliphatic heterocycles. The number of benzene rings is 1. The number of carbonyl (C=O) groups excluding carboxylic acids is 1. The highest BCUT2D eigenvalue weighted by Gasteiger charge is 2.31. The second-order valence-corrected chi connectivity index (χ2v) is 6.30. The van der Waals surface area contributed by atoms with E-state index in [9.17, 15) is 14.7 Å². The standard InChI is InChI=1S/C16H19NO3S/c1-11-3-4-13(12(2)9-11)5-6-15(18)17-7-8-21-10-14(17)16(19)20/h3-6,9,14H,7-8,10H2,1-2H3,(H,19,20)/b6-5+. The maximum absolute atomic E-state index is 12.2. The van der Waals surface area contributed by atoms with Gasteiger partial charge >= 0.3 is 5.97 Å². The highest BCUT2D eigenvalue weighted by Crippen LogP contribution is 2.18. The Morgan fingerprint density at radius 3 is 2.81 bits per heavy atom. The lowest BCUT2D eigenvalue weighted by Gasteiger charge is -2.31. The molecule has 1 fully saturated rings. The molecule has 0 spiro atoms. The summed E-state index contributed by atoms with van der Waals surface area (Å²) in [5, 5.41) is 9.19. The average molecular weight is 305 g/mol. The van der Waals surface area contributed by atoms with Crippen LogP contribution in [0.3, 0.4) is 0 Å². The van der Waals surface area contributed by atoms with E-state index >= 15 is 0 Å². The molecule has 2 rings (SSSR count). The van der Waals surface area contributed by atoms with Crippen molar-refractivity contribution >= 4 is 29.7 Å². The van der Waals surface area contributed by atoms with Gasteiger partial charge in [0.1, 0.15) is 6.04 Å². The third-order valence-electron chi connectivity index (χ3n) is 3.53. The second-order valence-electron chi connectivity index (χ2n) is 5.15. The molecule has 1 unspecified atom stereocenters. The molecule has 5 heteroatoms. The van der Waals surface area contributed by atoms with E-state index in [2.05, 4.69) is 6.07 Å². The van der Waals surface area contributed by atoms with Crippen LogP contribution in [0.25, 0.3) is 6.08 Å². The molecule has 0 radical (unpaired) electrons. The summed E-state index contributed by atoms with van der Waals surface area (Å²) in [7, 11) is 0. The zero-order chi connectivity index (χ0) is 15.4. The molecule has 0 bridgehead atoms.